The smallest absolute Gasteiger partial charge is 0.150 e. The standard InChI is InChI=1S/C13H16O/c14-10-13-7-3-6-12(9-13)8-11-4-1-2-5-11/h3,6-7,9-11H,1-2,4-5,8H2. The fraction of sp³-hybridized carbons (Fsp3) is 0.462. The van der Waals surface area contributed by atoms with Gasteiger partial charge in [-0.2, -0.15) is 0 Å². The molecule has 2 rings (SSSR count). The topological polar surface area (TPSA) is 17.1 Å². The molecular weight excluding hydrogens is 172 g/mol. The molecule has 0 heterocycles. The Morgan fingerprint density at radius 1 is 1.29 bits per heavy atom. The van der Waals surface area contributed by atoms with Gasteiger partial charge >= 0.3 is 0 Å². The van der Waals surface area contributed by atoms with Crippen LogP contribution in [0.1, 0.15) is 41.6 Å². The molecule has 0 spiro atoms. The molecule has 0 aromatic heterocycles. The molecule has 0 unspecified atom stereocenters. The van der Waals surface area contributed by atoms with E-state index in [9.17, 15) is 4.79 Å². The SMILES string of the molecule is O=Cc1cccc(CC2CCCC2)c1. The molecule has 14 heavy (non-hydrogen) atoms. The monoisotopic (exact) mass is 188 g/mol. The zero-order valence-corrected chi connectivity index (χ0v) is 8.41. The molecular formula is C13H16O. The minimum absolute atomic E-state index is 0.806. The van der Waals surface area contributed by atoms with Gasteiger partial charge in [0.2, 0.25) is 0 Å². The minimum Gasteiger partial charge on any atom is -0.298 e. The van der Waals surface area contributed by atoms with Gasteiger partial charge in [-0.25, -0.2) is 0 Å². The Kier molecular flexibility index (Phi) is 2.97. The van der Waals surface area contributed by atoms with E-state index in [1.807, 2.05) is 18.2 Å². The van der Waals surface area contributed by atoms with E-state index in [2.05, 4.69) is 6.07 Å². The van der Waals surface area contributed by atoms with Crippen LogP contribution >= 0.6 is 0 Å². The zero-order valence-electron chi connectivity index (χ0n) is 8.41. The Bertz CT molecular complexity index is 311. The van der Waals surface area contributed by atoms with E-state index in [0.29, 0.717) is 0 Å². The minimum atomic E-state index is 0.806. The van der Waals surface area contributed by atoms with Crippen molar-refractivity contribution in [2.45, 2.75) is 32.1 Å². The third-order valence-electron chi connectivity index (χ3n) is 3.09. The molecule has 1 aromatic rings. The lowest BCUT2D eigenvalue weighted by atomic mass is 9.97. The number of carbonyl (C=O) groups is 1. The molecule has 0 bridgehead atoms. The Morgan fingerprint density at radius 2 is 2.07 bits per heavy atom. The van der Waals surface area contributed by atoms with Gasteiger partial charge in [0.25, 0.3) is 0 Å². The highest BCUT2D eigenvalue weighted by atomic mass is 16.1. The summed E-state index contributed by atoms with van der Waals surface area (Å²) in [4.78, 5) is 10.6. The predicted molar refractivity (Wildman–Crippen MR) is 57.5 cm³/mol. The van der Waals surface area contributed by atoms with Gasteiger partial charge in [-0.3, -0.25) is 4.79 Å². The van der Waals surface area contributed by atoms with Crippen LogP contribution in [0.25, 0.3) is 0 Å². The van der Waals surface area contributed by atoms with Gasteiger partial charge in [-0.1, -0.05) is 43.9 Å². The van der Waals surface area contributed by atoms with Crippen molar-refractivity contribution in [1.29, 1.82) is 0 Å². The summed E-state index contributed by atoms with van der Waals surface area (Å²) in [5.41, 5.74) is 2.13. The van der Waals surface area contributed by atoms with Crippen molar-refractivity contribution in [3.05, 3.63) is 35.4 Å². The lowest BCUT2D eigenvalue weighted by molar-refractivity contribution is 0.112. The maximum absolute atomic E-state index is 10.6. The quantitative estimate of drug-likeness (QED) is 0.665. The van der Waals surface area contributed by atoms with E-state index >= 15 is 0 Å². The Labute approximate surface area is 85.1 Å². The van der Waals surface area contributed by atoms with Crippen molar-refractivity contribution in [1.82, 2.24) is 0 Å². The summed E-state index contributed by atoms with van der Waals surface area (Å²) in [5.74, 6) is 0.858. The molecule has 1 saturated carbocycles. The molecule has 0 atom stereocenters. The van der Waals surface area contributed by atoms with Crippen LogP contribution in [0.2, 0.25) is 0 Å². The number of benzene rings is 1. The van der Waals surface area contributed by atoms with E-state index in [1.54, 1.807) is 0 Å². The highest BCUT2D eigenvalue weighted by Crippen LogP contribution is 2.27. The lowest BCUT2D eigenvalue weighted by Crippen LogP contribution is -1.98. The highest BCUT2D eigenvalue weighted by Gasteiger charge is 2.15. The number of rotatable bonds is 3. The van der Waals surface area contributed by atoms with Crippen molar-refractivity contribution < 1.29 is 4.79 Å². The van der Waals surface area contributed by atoms with Crippen LogP contribution < -0.4 is 0 Å². The molecule has 1 aliphatic rings. The van der Waals surface area contributed by atoms with Gasteiger partial charge in [0.05, 0.1) is 0 Å². The Balaban J connectivity index is 2.04. The van der Waals surface area contributed by atoms with Crippen LogP contribution in [-0.2, 0) is 6.42 Å². The van der Waals surface area contributed by atoms with E-state index in [1.165, 1.54) is 31.2 Å². The van der Waals surface area contributed by atoms with Crippen LogP contribution in [0.5, 0.6) is 0 Å². The van der Waals surface area contributed by atoms with Gasteiger partial charge in [0.1, 0.15) is 6.29 Å². The molecule has 0 radical (unpaired) electrons. The third kappa shape index (κ3) is 2.22. The van der Waals surface area contributed by atoms with Gasteiger partial charge in [0, 0.05) is 5.56 Å². The van der Waals surface area contributed by atoms with Gasteiger partial charge < -0.3 is 0 Å². The molecule has 0 N–H and O–H groups in total. The van der Waals surface area contributed by atoms with Crippen LogP contribution in [0.3, 0.4) is 0 Å². The number of hydrogen-bond donors (Lipinski definition) is 0. The van der Waals surface area contributed by atoms with E-state index in [-0.39, 0.29) is 0 Å². The summed E-state index contributed by atoms with van der Waals surface area (Å²) < 4.78 is 0. The third-order valence-corrected chi connectivity index (χ3v) is 3.09. The molecule has 1 aliphatic carbocycles. The Morgan fingerprint density at radius 3 is 2.79 bits per heavy atom. The first-order valence-corrected chi connectivity index (χ1v) is 5.42. The van der Waals surface area contributed by atoms with E-state index < -0.39 is 0 Å². The maximum atomic E-state index is 10.6. The second-order valence-corrected chi connectivity index (χ2v) is 4.22. The van der Waals surface area contributed by atoms with Gasteiger partial charge in [-0.05, 0) is 24.0 Å². The molecule has 1 fully saturated rings. The Hall–Kier alpha value is -1.11. The molecule has 0 saturated heterocycles. The van der Waals surface area contributed by atoms with Crippen LogP contribution in [-0.4, -0.2) is 6.29 Å². The van der Waals surface area contributed by atoms with Crippen molar-refractivity contribution >= 4 is 6.29 Å². The fourth-order valence-corrected chi connectivity index (χ4v) is 2.34. The first kappa shape index (κ1) is 9.45. The average Bonchev–Trinajstić information content (AvgIpc) is 2.71. The molecule has 0 aliphatic heterocycles. The zero-order chi connectivity index (χ0) is 9.80. The van der Waals surface area contributed by atoms with Gasteiger partial charge in [0.15, 0.2) is 0 Å². The van der Waals surface area contributed by atoms with Crippen LogP contribution in [0.4, 0.5) is 0 Å². The average molecular weight is 188 g/mol. The van der Waals surface area contributed by atoms with Crippen molar-refractivity contribution in [2.75, 3.05) is 0 Å². The fourth-order valence-electron chi connectivity index (χ4n) is 2.34. The van der Waals surface area contributed by atoms with Crippen LogP contribution in [0, 0.1) is 5.92 Å². The molecule has 1 aromatic carbocycles. The highest BCUT2D eigenvalue weighted by molar-refractivity contribution is 5.74. The molecule has 0 amide bonds. The molecule has 1 heteroatoms. The summed E-state index contributed by atoms with van der Waals surface area (Å²) in [6.45, 7) is 0. The summed E-state index contributed by atoms with van der Waals surface area (Å²) in [7, 11) is 0. The van der Waals surface area contributed by atoms with Crippen molar-refractivity contribution in [2.24, 2.45) is 5.92 Å². The van der Waals surface area contributed by atoms with Gasteiger partial charge in [-0.15, -0.1) is 0 Å². The normalized spacial score (nSPS) is 17.1. The second kappa shape index (κ2) is 4.41. The first-order valence-electron chi connectivity index (χ1n) is 5.42. The summed E-state index contributed by atoms with van der Waals surface area (Å²) in [5, 5.41) is 0. The summed E-state index contributed by atoms with van der Waals surface area (Å²) in [6.07, 6.45) is 7.59. The number of carbonyl (C=O) groups excluding carboxylic acids is 1. The van der Waals surface area contributed by atoms with Crippen molar-refractivity contribution in [3.8, 4) is 0 Å². The number of aldehydes is 1. The summed E-state index contributed by atoms with van der Waals surface area (Å²) >= 11 is 0. The lowest BCUT2D eigenvalue weighted by Gasteiger charge is -2.08. The molecule has 74 valence electrons. The summed E-state index contributed by atoms with van der Waals surface area (Å²) in [6, 6.07) is 8.00. The second-order valence-electron chi connectivity index (χ2n) is 4.22. The largest absolute Gasteiger partial charge is 0.298 e. The maximum Gasteiger partial charge on any atom is 0.150 e. The van der Waals surface area contributed by atoms with E-state index in [0.717, 1.165) is 24.2 Å². The predicted octanol–water partition coefficient (Wildman–Crippen LogP) is 3.23. The van der Waals surface area contributed by atoms with Crippen LogP contribution in [0.15, 0.2) is 24.3 Å². The number of hydrogen-bond acceptors (Lipinski definition) is 1. The molecule has 1 nitrogen and oxygen atoms in total. The van der Waals surface area contributed by atoms with Crippen molar-refractivity contribution in [3.63, 3.8) is 0 Å². The van der Waals surface area contributed by atoms with E-state index in [4.69, 9.17) is 0 Å². The first-order chi connectivity index (χ1) is 6.88.